The number of nitrogens with one attached hydrogen (secondary N) is 2. The van der Waals surface area contributed by atoms with Gasteiger partial charge < -0.3 is 15.4 Å². The number of carbonyl (C=O) groups is 2. The molecule has 118 valence electrons. The van der Waals surface area contributed by atoms with E-state index < -0.39 is 23.2 Å². The lowest BCUT2D eigenvalue weighted by molar-refractivity contribution is -0.143. The minimum Gasteiger partial charge on any atom is -0.464 e. The molecule has 1 aromatic heterocycles. The summed E-state index contributed by atoms with van der Waals surface area (Å²) in [6, 6.07) is 7.50. The number of pyridine rings is 1. The number of rotatable bonds is 2. The smallest absolute Gasteiger partial charge is 0.279 e. The normalized spacial score (nSPS) is 19.3. The van der Waals surface area contributed by atoms with Gasteiger partial charge in [0.05, 0.1) is 0 Å². The summed E-state index contributed by atoms with van der Waals surface area (Å²) in [4.78, 5) is 28.6. The van der Waals surface area contributed by atoms with Crippen LogP contribution in [-0.4, -0.2) is 22.4 Å². The van der Waals surface area contributed by atoms with Crippen molar-refractivity contribution in [3.8, 4) is 5.75 Å². The molecule has 0 saturated heterocycles. The number of halogens is 1. The number of anilines is 2. The molecule has 23 heavy (non-hydrogen) atoms. The Morgan fingerprint density at radius 1 is 1.39 bits per heavy atom. The minimum absolute atomic E-state index is 0.243. The number of hydrogen-bond acceptors (Lipinski definition) is 4. The first-order valence-corrected chi connectivity index (χ1v) is 6.93. The molecule has 2 aromatic rings. The van der Waals surface area contributed by atoms with E-state index in [2.05, 4.69) is 15.6 Å². The Balaban J connectivity index is 1.86. The molecule has 1 aliphatic rings. The van der Waals surface area contributed by atoms with Crippen LogP contribution >= 0.6 is 0 Å². The van der Waals surface area contributed by atoms with Gasteiger partial charge in [0.15, 0.2) is 11.6 Å². The van der Waals surface area contributed by atoms with Crippen LogP contribution in [0, 0.1) is 12.7 Å². The summed E-state index contributed by atoms with van der Waals surface area (Å²) in [6.45, 7) is 2.96. The monoisotopic (exact) mass is 315 g/mol. The Bertz CT molecular complexity index is 809. The second-order valence-electron chi connectivity index (χ2n) is 5.36. The second kappa shape index (κ2) is 5.35. The first-order chi connectivity index (χ1) is 10.9. The number of benzene rings is 1. The van der Waals surface area contributed by atoms with Crippen molar-refractivity contribution < 1.29 is 18.7 Å². The van der Waals surface area contributed by atoms with Gasteiger partial charge in [-0.15, -0.1) is 0 Å². The molecule has 1 atom stereocenters. The highest BCUT2D eigenvalue weighted by atomic mass is 19.1. The zero-order chi connectivity index (χ0) is 16.6. The Morgan fingerprint density at radius 3 is 2.91 bits per heavy atom. The van der Waals surface area contributed by atoms with Gasteiger partial charge in [-0.1, -0.05) is 6.07 Å². The van der Waals surface area contributed by atoms with Crippen LogP contribution < -0.4 is 15.4 Å². The first-order valence-electron chi connectivity index (χ1n) is 6.93. The van der Waals surface area contributed by atoms with E-state index in [9.17, 15) is 14.0 Å². The van der Waals surface area contributed by atoms with Gasteiger partial charge in [-0.3, -0.25) is 9.59 Å². The molecule has 6 nitrogen and oxygen atoms in total. The molecule has 0 saturated carbocycles. The maximum absolute atomic E-state index is 13.6. The van der Waals surface area contributed by atoms with Gasteiger partial charge >= 0.3 is 0 Å². The fraction of sp³-hybridized carbons (Fsp3) is 0.188. The molecule has 3 rings (SSSR count). The second-order valence-corrected chi connectivity index (χ2v) is 5.36. The summed E-state index contributed by atoms with van der Waals surface area (Å²) < 4.78 is 19.1. The zero-order valence-corrected chi connectivity index (χ0v) is 12.5. The van der Waals surface area contributed by atoms with E-state index >= 15 is 0 Å². The van der Waals surface area contributed by atoms with Crippen molar-refractivity contribution in [2.45, 2.75) is 19.4 Å². The molecule has 0 fully saturated rings. The lowest BCUT2D eigenvalue weighted by Gasteiger charge is -2.32. The molecule has 2 N–H and O–H groups in total. The number of nitrogens with zero attached hydrogens (tertiary/aromatic N) is 1. The number of hydrogen-bond donors (Lipinski definition) is 2. The molecular weight excluding hydrogens is 301 g/mol. The Hall–Kier alpha value is -2.96. The number of fused-ring (bicyclic) bond motifs is 1. The van der Waals surface area contributed by atoms with Gasteiger partial charge in [-0.05, 0) is 43.7 Å². The highest BCUT2D eigenvalue weighted by Gasteiger charge is 2.47. The molecule has 1 aliphatic heterocycles. The van der Waals surface area contributed by atoms with E-state index in [0.29, 0.717) is 11.3 Å². The molecular formula is C16H14FN3O3. The van der Waals surface area contributed by atoms with E-state index in [1.54, 1.807) is 25.1 Å². The molecule has 2 amide bonds. The highest BCUT2D eigenvalue weighted by molar-refractivity contribution is 6.18. The molecule has 0 aliphatic carbocycles. The van der Waals surface area contributed by atoms with Crippen LogP contribution in [0.4, 0.5) is 15.9 Å². The third-order valence-corrected chi connectivity index (χ3v) is 3.61. The van der Waals surface area contributed by atoms with Gasteiger partial charge in [0.25, 0.3) is 17.4 Å². The summed E-state index contributed by atoms with van der Waals surface area (Å²) in [5.74, 6) is -1.25. The number of aromatic nitrogens is 1. The van der Waals surface area contributed by atoms with Crippen molar-refractivity contribution in [3.05, 3.63) is 47.9 Å². The average molecular weight is 315 g/mol. The van der Waals surface area contributed by atoms with E-state index in [4.69, 9.17) is 4.74 Å². The first kappa shape index (κ1) is 15.0. The molecule has 0 bridgehead atoms. The van der Waals surface area contributed by atoms with Gasteiger partial charge in [0.1, 0.15) is 5.82 Å². The van der Waals surface area contributed by atoms with Crippen LogP contribution in [-0.2, 0) is 9.59 Å². The number of aryl methyl sites for hydroxylation is 1. The van der Waals surface area contributed by atoms with Crippen molar-refractivity contribution in [3.63, 3.8) is 0 Å². The number of amides is 2. The lowest BCUT2D eigenvalue weighted by Crippen LogP contribution is -2.56. The maximum Gasteiger partial charge on any atom is 0.279 e. The van der Waals surface area contributed by atoms with Crippen molar-refractivity contribution in [1.29, 1.82) is 0 Å². The van der Waals surface area contributed by atoms with E-state index in [1.165, 1.54) is 25.3 Å². The van der Waals surface area contributed by atoms with Crippen LogP contribution in [0.25, 0.3) is 0 Å². The Kier molecular flexibility index (Phi) is 3.48. The van der Waals surface area contributed by atoms with Gasteiger partial charge in [-0.25, -0.2) is 9.37 Å². The van der Waals surface area contributed by atoms with Gasteiger partial charge in [-0.2, -0.15) is 0 Å². The summed E-state index contributed by atoms with van der Waals surface area (Å²) in [6.07, 6.45) is 1.50. The fourth-order valence-electron chi connectivity index (χ4n) is 2.13. The lowest BCUT2D eigenvalue weighted by atomic mass is 10.0. The van der Waals surface area contributed by atoms with Gasteiger partial charge in [0, 0.05) is 11.9 Å². The SMILES string of the molecule is Cc1ccc(NC(=O)[C@@]2(C)Oc3cccnc3NC2=O)cc1F. The maximum atomic E-state index is 13.6. The quantitative estimate of drug-likeness (QED) is 0.833. The van der Waals surface area contributed by atoms with E-state index in [0.717, 1.165) is 0 Å². The van der Waals surface area contributed by atoms with E-state index in [-0.39, 0.29) is 11.5 Å². The standard InChI is InChI=1S/C16H14FN3O3/c1-9-5-6-10(8-11(9)17)19-14(21)16(2)15(22)20-13-12(23-16)4-3-7-18-13/h3-8H,1-2H3,(H,19,21)(H,18,20,22)/t16-/m1/s1. The highest BCUT2D eigenvalue weighted by Crippen LogP contribution is 2.32. The number of ether oxygens (including phenoxy) is 1. The Labute approximate surface area is 131 Å². The molecule has 0 radical (unpaired) electrons. The van der Waals surface area contributed by atoms with Crippen molar-refractivity contribution in [2.75, 3.05) is 10.6 Å². The van der Waals surface area contributed by atoms with Crippen molar-refractivity contribution in [2.24, 2.45) is 0 Å². The fourth-order valence-corrected chi connectivity index (χ4v) is 2.13. The average Bonchev–Trinajstić information content (AvgIpc) is 2.52. The van der Waals surface area contributed by atoms with E-state index in [1.807, 2.05) is 0 Å². The molecule has 0 unspecified atom stereocenters. The third kappa shape index (κ3) is 2.61. The summed E-state index contributed by atoms with van der Waals surface area (Å²) >= 11 is 0. The summed E-state index contributed by atoms with van der Waals surface area (Å²) in [7, 11) is 0. The van der Waals surface area contributed by atoms with Crippen LogP contribution in [0.15, 0.2) is 36.5 Å². The van der Waals surface area contributed by atoms with Crippen LogP contribution in [0.3, 0.4) is 0 Å². The van der Waals surface area contributed by atoms with Crippen LogP contribution in [0.5, 0.6) is 5.75 Å². The van der Waals surface area contributed by atoms with Crippen LogP contribution in [0.2, 0.25) is 0 Å². The Morgan fingerprint density at radius 2 is 2.17 bits per heavy atom. The summed E-state index contributed by atoms with van der Waals surface area (Å²) in [5, 5.41) is 5.02. The topological polar surface area (TPSA) is 80.3 Å². The number of carbonyl (C=O) groups excluding carboxylic acids is 2. The molecule has 7 heteroatoms. The largest absolute Gasteiger partial charge is 0.464 e. The third-order valence-electron chi connectivity index (χ3n) is 3.61. The summed E-state index contributed by atoms with van der Waals surface area (Å²) in [5.41, 5.74) is -1.08. The van der Waals surface area contributed by atoms with Gasteiger partial charge in [0.2, 0.25) is 0 Å². The predicted molar refractivity (Wildman–Crippen MR) is 81.7 cm³/mol. The van der Waals surface area contributed by atoms with Crippen molar-refractivity contribution >= 4 is 23.3 Å². The van der Waals surface area contributed by atoms with Crippen molar-refractivity contribution in [1.82, 2.24) is 4.98 Å². The molecule has 2 heterocycles. The zero-order valence-electron chi connectivity index (χ0n) is 12.5. The molecule has 1 aromatic carbocycles. The van der Waals surface area contributed by atoms with Crippen LogP contribution in [0.1, 0.15) is 12.5 Å². The minimum atomic E-state index is -1.78. The predicted octanol–water partition coefficient (Wildman–Crippen LogP) is 2.26. The molecule has 0 spiro atoms.